The third kappa shape index (κ3) is 3.91. The van der Waals surface area contributed by atoms with Gasteiger partial charge in [-0.3, -0.25) is 4.98 Å². The number of nitrogens with zero attached hydrogens (tertiary/aromatic N) is 2. The number of aromatic nitrogens is 3. The average Bonchev–Trinajstić information content (AvgIpc) is 2.80. The van der Waals surface area contributed by atoms with Gasteiger partial charge in [-0.1, -0.05) is 18.2 Å². The van der Waals surface area contributed by atoms with E-state index in [1.165, 1.54) is 26.4 Å². The molecule has 0 atom stereocenters. The molecule has 1 aromatic heterocycles. The largest absolute Gasteiger partial charge is 0.497 e. The number of ether oxygens (including phenoxy) is 3. The van der Waals surface area contributed by atoms with Crippen LogP contribution < -0.4 is 31.3 Å². The van der Waals surface area contributed by atoms with Crippen LogP contribution in [0.5, 0.6) is 23.0 Å². The summed E-state index contributed by atoms with van der Waals surface area (Å²) in [5, 5.41) is 0. The van der Waals surface area contributed by atoms with Crippen LogP contribution >= 0.6 is 0 Å². The number of H-pyrrole nitrogens is 1. The van der Waals surface area contributed by atoms with E-state index in [0.29, 0.717) is 23.0 Å². The molecule has 0 saturated carbocycles. The van der Waals surface area contributed by atoms with E-state index in [1.807, 2.05) is 18.2 Å². The van der Waals surface area contributed by atoms with Crippen LogP contribution in [0.3, 0.4) is 0 Å². The summed E-state index contributed by atoms with van der Waals surface area (Å²) in [5.41, 5.74) is -2.07. The molecule has 162 valence electrons. The van der Waals surface area contributed by atoms with E-state index in [9.17, 15) is 14.4 Å². The molecule has 0 bridgehead atoms. The lowest BCUT2D eigenvalue weighted by atomic mass is 10.2. The van der Waals surface area contributed by atoms with E-state index in [-0.39, 0.29) is 11.4 Å². The Morgan fingerprint density at radius 2 is 1.28 bits per heavy atom. The van der Waals surface area contributed by atoms with Crippen LogP contribution in [-0.4, -0.2) is 28.3 Å². The molecule has 4 aromatic rings. The van der Waals surface area contributed by atoms with Gasteiger partial charge >= 0.3 is 17.1 Å². The Morgan fingerprint density at radius 3 is 1.91 bits per heavy atom. The molecule has 0 aliphatic rings. The summed E-state index contributed by atoms with van der Waals surface area (Å²) in [6.45, 7) is 0. The molecule has 32 heavy (non-hydrogen) atoms. The molecule has 0 radical (unpaired) electrons. The summed E-state index contributed by atoms with van der Waals surface area (Å²) < 4.78 is 18.0. The van der Waals surface area contributed by atoms with Gasteiger partial charge in [-0.05, 0) is 48.5 Å². The van der Waals surface area contributed by atoms with Crippen LogP contribution in [0.4, 0.5) is 0 Å². The second-order valence-corrected chi connectivity index (χ2v) is 6.64. The van der Waals surface area contributed by atoms with Gasteiger partial charge in [-0.15, -0.1) is 0 Å². The van der Waals surface area contributed by atoms with E-state index in [0.717, 1.165) is 9.13 Å². The van der Waals surface area contributed by atoms with Gasteiger partial charge in [0.05, 0.1) is 25.6 Å². The van der Waals surface area contributed by atoms with Crippen molar-refractivity contribution in [3.63, 3.8) is 0 Å². The number of methoxy groups -OCH3 is 2. The second-order valence-electron chi connectivity index (χ2n) is 6.64. The van der Waals surface area contributed by atoms with Crippen molar-refractivity contribution >= 4 is 0 Å². The molecule has 0 aliphatic carbocycles. The minimum atomic E-state index is -0.872. The molecule has 0 amide bonds. The maximum Gasteiger partial charge on any atom is 0.345 e. The van der Waals surface area contributed by atoms with Gasteiger partial charge in [-0.25, -0.2) is 23.5 Å². The van der Waals surface area contributed by atoms with Crippen molar-refractivity contribution in [1.29, 1.82) is 0 Å². The standard InChI is InChI=1S/C23H19N3O6/c1-30-17-11-8-15(9-12-17)25-21(27)24-22(28)26(23(25)29)16-10-13-19(20(14-16)31-2)32-18-6-4-3-5-7-18/h3-14H,1-2H3,(H,24,27,28). The van der Waals surface area contributed by atoms with Gasteiger partial charge < -0.3 is 14.2 Å². The van der Waals surface area contributed by atoms with Gasteiger partial charge in [0.25, 0.3) is 0 Å². The first-order valence-corrected chi connectivity index (χ1v) is 9.56. The monoisotopic (exact) mass is 433 g/mol. The summed E-state index contributed by atoms with van der Waals surface area (Å²) in [7, 11) is 2.95. The first-order chi connectivity index (χ1) is 15.5. The highest BCUT2D eigenvalue weighted by Gasteiger charge is 2.16. The quantitative estimate of drug-likeness (QED) is 0.501. The normalized spacial score (nSPS) is 10.6. The maximum atomic E-state index is 13.1. The molecule has 0 aliphatic heterocycles. The van der Waals surface area contributed by atoms with Crippen molar-refractivity contribution in [2.45, 2.75) is 0 Å². The minimum Gasteiger partial charge on any atom is -0.497 e. The van der Waals surface area contributed by atoms with Crippen molar-refractivity contribution in [2.75, 3.05) is 14.2 Å². The lowest BCUT2D eigenvalue weighted by molar-refractivity contribution is 0.378. The fraction of sp³-hybridized carbons (Fsp3) is 0.0870. The predicted octanol–water partition coefficient (Wildman–Crippen LogP) is 2.49. The molecule has 1 heterocycles. The molecule has 0 unspecified atom stereocenters. The van der Waals surface area contributed by atoms with Gasteiger partial charge in [0, 0.05) is 6.07 Å². The Labute approximate surface area is 181 Å². The van der Waals surface area contributed by atoms with E-state index in [4.69, 9.17) is 14.2 Å². The van der Waals surface area contributed by atoms with Crippen LogP contribution in [0.1, 0.15) is 0 Å². The lowest BCUT2D eigenvalue weighted by Crippen LogP contribution is -2.48. The zero-order chi connectivity index (χ0) is 22.7. The molecular formula is C23H19N3O6. The van der Waals surface area contributed by atoms with Crippen LogP contribution in [0.2, 0.25) is 0 Å². The number of para-hydroxylation sites is 1. The highest BCUT2D eigenvalue weighted by Crippen LogP contribution is 2.32. The number of hydrogen-bond donors (Lipinski definition) is 1. The molecule has 9 nitrogen and oxygen atoms in total. The van der Waals surface area contributed by atoms with Crippen molar-refractivity contribution in [1.82, 2.24) is 14.1 Å². The van der Waals surface area contributed by atoms with Gasteiger partial charge in [0.2, 0.25) is 0 Å². The van der Waals surface area contributed by atoms with Gasteiger partial charge in [-0.2, -0.15) is 0 Å². The van der Waals surface area contributed by atoms with Crippen LogP contribution in [-0.2, 0) is 0 Å². The van der Waals surface area contributed by atoms with Crippen molar-refractivity contribution in [3.05, 3.63) is 104 Å². The molecule has 0 spiro atoms. The summed E-state index contributed by atoms with van der Waals surface area (Å²) in [6, 6.07) is 20.0. The minimum absolute atomic E-state index is 0.204. The Kier molecular flexibility index (Phi) is 5.63. The number of benzene rings is 3. The Hall–Kier alpha value is -4.53. The Balaban J connectivity index is 1.82. The van der Waals surface area contributed by atoms with Crippen molar-refractivity contribution < 1.29 is 14.2 Å². The number of aromatic amines is 1. The fourth-order valence-electron chi connectivity index (χ4n) is 3.16. The molecular weight excluding hydrogens is 414 g/mol. The molecule has 0 fully saturated rings. The zero-order valence-corrected chi connectivity index (χ0v) is 17.3. The predicted molar refractivity (Wildman–Crippen MR) is 118 cm³/mol. The summed E-state index contributed by atoms with van der Waals surface area (Å²) in [6.07, 6.45) is 0. The summed E-state index contributed by atoms with van der Waals surface area (Å²) in [4.78, 5) is 40.2. The van der Waals surface area contributed by atoms with Crippen LogP contribution in [0, 0.1) is 0 Å². The smallest absolute Gasteiger partial charge is 0.345 e. The average molecular weight is 433 g/mol. The number of nitrogens with one attached hydrogen (secondary N) is 1. The molecule has 4 rings (SSSR count). The highest BCUT2D eigenvalue weighted by atomic mass is 16.5. The zero-order valence-electron chi connectivity index (χ0n) is 17.3. The topological polar surface area (TPSA) is 105 Å². The van der Waals surface area contributed by atoms with Crippen molar-refractivity contribution in [2.24, 2.45) is 0 Å². The van der Waals surface area contributed by atoms with E-state index < -0.39 is 17.1 Å². The first-order valence-electron chi connectivity index (χ1n) is 9.56. The third-order valence-electron chi connectivity index (χ3n) is 4.71. The van der Waals surface area contributed by atoms with E-state index >= 15 is 0 Å². The maximum absolute atomic E-state index is 13.1. The van der Waals surface area contributed by atoms with Gasteiger partial charge in [0.15, 0.2) is 11.5 Å². The molecule has 3 aromatic carbocycles. The Bertz CT molecular complexity index is 1420. The third-order valence-corrected chi connectivity index (χ3v) is 4.71. The number of hydrogen-bond acceptors (Lipinski definition) is 6. The SMILES string of the molecule is COc1ccc(-n2c(=O)[nH]c(=O)n(-c3ccc(Oc4ccccc4)c(OC)c3)c2=O)cc1. The highest BCUT2D eigenvalue weighted by molar-refractivity contribution is 5.50. The lowest BCUT2D eigenvalue weighted by Gasteiger charge is -2.13. The fourth-order valence-corrected chi connectivity index (χ4v) is 3.16. The second kappa shape index (κ2) is 8.68. The molecule has 1 N–H and O–H groups in total. The van der Waals surface area contributed by atoms with Gasteiger partial charge in [0.1, 0.15) is 11.5 Å². The summed E-state index contributed by atoms with van der Waals surface area (Å²) >= 11 is 0. The van der Waals surface area contributed by atoms with Crippen LogP contribution in [0.15, 0.2) is 87.2 Å². The number of rotatable bonds is 6. The Morgan fingerprint density at radius 1 is 0.656 bits per heavy atom. The van der Waals surface area contributed by atoms with Crippen molar-refractivity contribution in [3.8, 4) is 34.4 Å². The molecule has 0 saturated heterocycles. The van der Waals surface area contributed by atoms with E-state index in [1.54, 1.807) is 42.5 Å². The first kappa shape index (κ1) is 20.7. The van der Waals surface area contributed by atoms with Crippen LogP contribution in [0.25, 0.3) is 11.4 Å². The summed E-state index contributed by atoms with van der Waals surface area (Å²) in [5.74, 6) is 1.86. The molecule has 9 heteroatoms. The van der Waals surface area contributed by atoms with E-state index in [2.05, 4.69) is 4.98 Å².